The molecule has 1 aromatic heterocycles. The molecule has 6 nitrogen and oxygen atoms in total. The highest BCUT2D eigenvalue weighted by molar-refractivity contribution is 7.99. The number of carbonyl (C=O) groups is 1. The van der Waals surface area contributed by atoms with Gasteiger partial charge in [0, 0.05) is 11.7 Å². The van der Waals surface area contributed by atoms with Gasteiger partial charge >= 0.3 is 0 Å². The Kier molecular flexibility index (Phi) is 8.21. The van der Waals surface area contributed by atoms with Crippen LogP contribution in [0, 0.1) is 0 Å². The van der Waals surface area contributed by atoms with E-state index < -0.39 is 0 Å². The van der Waals surface area contributed by atoms with Crippen LogP contribution in [0.2, 0.25) is 0 Å². The van der Waals surface area contributed by atoms with Crippen LogP contribution >= 0.6 is 11.8 Å². The minimum Gasteiger partial charge on any atom is -0.494 e. The second kappa shape index (κ2) is 11.7. The SMILES string of the molecule is CCOc1ccc(NC(=O)CSc2nc3ccccc3c(=O)n2[C@@H](CC)Cc2ccccc2)cc1. The number of fused-ring (bicyclic) bond motifs is 1. The molecule has 4 aromatic rings. The summed E-state index contributed by atoms with van der Waals surface area (Å²) in [6.45, 7) is 4.59. The van der Waals surface area contributed by atoms with Crippen LogP contribution in [0.3, 0.4) is 0 Å². The molecule has 3 aromatic carbocycles. The highest BCUT2D eigenvalue weighted by atomic mass is 32.2. The van der Waals surface area contributed by atoms with E-state index in [1.807, 2.05) is 73.7 Å². The number of amides is 1. The van der Waals surface area contributed by atoms with Gasteiger partial charge < -0.3 is 10.1 Å². The van der Waals surface area contributed by atoms with Crippen molar-refractivity contribution in [2.75, 3.05) is 17.7 Å². The maximum absolute atomic E-state index is 13.6. The summed E-state index contributed by atoms with van der Waals surface area (Å²) in [7, 11) is 0. The van der Waals surface area contributed by atoms with E-state index in [0.29, 0.717) is 34.8 Å². The number of rotatable bonds is 10. The first kappa shape index (κ1) is 24.5. The first-order chi connectivity index (χ1) is 17.1. The molecule has 4 rings (SSSR count). The lowest BCUT2D eigenvalue weighted by Gasteiger charge is -2.22. The molecular weight excluding hydrogens is 458 g/mol. The van der Waals surface area contributed by atoms with E-state index in [1.54, 1.807) is 4.57 Å². The van der Waals surface area contributed by atoms with Crippen molar-refractivity contribution < 1.29 is 9.53 Å². The fourth-order valence-electron chi connectivity index (χ4n) is 3.98. The van der Waals surface area contributed by atoms with Crippen LogP contribution in [0.25, 0.3) is 10.9 Å². The van der Waals surface area contributed by atoms with Crippen LogP contribution in [0.4, 0.5) is 5.69 Å². The average molecular weight is 488 g/mol. The Morgan fingerprint density at radius 2 is 1.71 bits per heavy atom. The van der Waals surface area contributed by atoms with E-state index in [2.05, 4.69) is 24.4 Å². The van der Waals surface area contributed by atoms with Crippen LogP contribution in [-0.2, 0) is 11.2 Å². The Morgan fingerprint density at radius 1 is 1.00 bits per heavy atom. The second-order valence-electron chi connectivity index (χ2n) is 8.13. The maximum atomic E-state index is 13.6. The Hall–Kier alpha value is -3.58. The molecule has 1 heterocycles. The number of nitrogens with one attached hydrogen (secondary N) is 1. The average Bonchev–Trinajstić information content (AvgIpc) is 2.88. The minimum absolute atomic E-state index is 0.0707. The molecule has 0 aliphatic carbocycles. The van der Waals surface area contributed by atoms with E-state index in [-0.39, 0.29) is 23.3 Å². The fourth-order valence-corrected chi connectivity index (χ4v) is 4.85. The number of carbonyl (C=O) groups excluding carboxylic acids is 1. The molecule has 0 bridgehead atoms. The predicted octanol–water partition coefficient (Wildman–Crippen LogP) is 5.72. The monoisotopic (exact) mass is 487 g/mol. The Balaban J connectivity index is 1.58. The number of hydrogen-bond acceptors (Lipinski definition) is 5. The third-order valence-electron chi connectivity index (χ3n) is 5.71. The number of thioether (sulfide) groups is 1. The number of nitrogens with zero attached hydrogens (tertiary/aromatic N) is 2. The molecule has 180 valence electrons. The van der Waals surface area contributed by atoms with Gasteiger partial charge in [-0.05, 0) is 61.7 Å². The molecule has 35 heavy (non-hydrogen) atoms. The molecule has 0 saturated carbocycles. The number of hydrogen-bond donors (Lipinski definition) is 1. The quantitative estimate of drug-likeness (QED) is 0.229. The standard InChI is InChI=1S/C28H29N3O3S/c1-3-22(18-20-10-6-5-7-11-20)31-27(33)24-12-8-9-13-25(24)30-28(31)35-19-26(32)29-21-14-16-23(17-15-21)34-4-2/h5-17,22H,3-4,18-19H2,1-2H3,(H,29,32)/t22-/m0/s1. The molecule has 0 aliphatic heterocycles. The van der Waals surface area contributed by atoms with Gasteiger partial charge in [0.15, 0.2) is 5.16 Å². The molecule has 0 radical (unpaired) electrons. The molecule has 0 unspecified atom stereocenters. The summed E-state index contributed by atoms with van der Waals surface area (Å²) < 4.78 is 7.22. The third kappa shape index (κ3) is 6.11. The summed E-state index contributed by atoms with van der Waals surface area (Å²) in [5.41, 5.74) is 2.41. The van der Waals surface area contributed by atoms with Crippen molar-refractivity contribution in [1.82, 2.24) is 9.55 Å². The molecule has 0 spiro atoms. The summed E-state index contributed by atoms with van der Waals surface area (Å²) in [6, 6.07) is 24.7. The summed E-state index contributed by atoms with van der Waals surface area (Å²) in [4.78, 5) is 31.1. The summed E-state index contributed by atoms with van der Waals surface area (Å²) in [5.74, 6) is 0.734. The maximum Gasteiger partial charge on any atom is 0.262 e. The zero-order chi connectivity index (χ0) is 24.6. The van der Waals surface area contributed by atoms with Crippen molar-refractivity contribution in [2.24, 2.45) is 0 Å². The van der Waals surface area contributed by atoms with Crippen molar-refractivity contribution >= 4 is 34.3 Å². The number of ether oxygens (including phenoxy) is 1. The molecule has 1 N–H and O–H groups in total. The number of anilines is 1. The molecule has 1 amide bonds. The van der Waals surface area contributed by atoms with Gasteiger partial charge in [-0.25, -0.2) is 4.98 Å². The zero-order valence-electron chi connectivity index (χ0n) is 19.9. The highest BCUT2D eigenvalue weighted by Gasteiger charge is 2.20. The topological polar surface area (TPSA) is 73.2 Å². The van der Waals surface area contributed by atoms with Gasteiger partial charge in [-0.2, -0.15) is 0 Å². The van der Waals surface area contributed by atoms with Gasteiger partial charge in [0.1, 0.15) is 5.75 Å². The van der Waals surface area contributed by atoms with E-state index in [9.17, 15) is 9.59 Å². The van der Waals surface area contributed by atoms with Gasteiger partial charge in [-0.15, -0.1) is 0 Å². The van der Waals surface area contributed by atoms with Crippen LogP contribution < -0.4 is 15.6 Å². The first-order valence-electron chi connectivity index (χ1n) is 11.8. The molecule has 1 atom stereocenters. The Labute approximate surface area is 209 Å². The first-order valence-corrected chi connectivity index (χ1v) is 12.8. The minimum atomic E-state index is -0.163. The molecule has 0 saturated heterocycles. The van der Waals surface area contributed by atoms with E-state index >= 15 is 0 Å². The van der Waals surface area contributed by atoms with Crippen LogP contribution in [-0.4, -0.2) is 27.8 Å². The largest absolute Gasteiger partial charge is 0.494 e. The van der Waals surface area contributed by atoms with Crippen molar-refractivity contribution in [3.8, 4) is 5.75 Å². The molecular formula is C28H29N3O3S. The normalized spacial score (nSPS) is 11.8. The lowest BCUT2D eigenvalue weighted by molar-refractivity contribution is -0.113. The number of benzene rings is 3. The van der Waals surface area contributed by atoms with Crippen LogP contribution in [0.15, 0.2) is 88.8 Å². The summed E-state index contributed by atoms with van der Waals surface area (Å²) >= 11 is 1.28. The van der Waals surface area contributed by atoms with Crippen molar-refractivity contribution in [2.45, 2.75) is 37.9 Å². The van der Waals surface area contributed by atoms with E-state index in [4.69, 9.17) is 9.72 Å². The van der Waals surface area contributed by atoms with E-state index in [0.717, 1.165) is 17.7 Å². The third-order valence-corrected chi connectivity index (χ3v) is 6.66. The fraction of sp³-hybridized carbons (Fsp3) is 0.250. The van der Waals surface area contributed by atoms with Gasteiger partial charge in [0.25, 0.3) is 5.56 Å². The highest BCUT2D eigenvalue weighted by Crippen LogP contribution is 2.25. The molecule has 0 fully saturated rings. The smallest absolute Gasteiger partial charge is 0.262 e. The molecule has 7 heteroatoms. The Bertz CT molecular complexity index is 1340. The molecule has 0 aliphatic rings. The predicted molar refractivity (Wildman–Crippen MR) is 142 cm³/mol. The van der Waals surface area contributed by atoms with Gasteiger partial charge in [0.2, 0.25) is 5.91 Å². The second-order valence-corrected chi connectivity index (χ2v) is 9.08. The van der Waals surface area contributed by atoms with Gasteiger partial charge in [-0.3, -0.25) is 14.2 Å². The van der Waals surface area contributed by atoms with E-state index in [1.165, 1.54) is 11.8 Å². The van der Waals surface area contributed by atoms with Gasteiger partial charge in [-0.1, -0.05) is 61.2 Å². The summed E-state index contributed by atoms with van der Waals surface area (Å²) in [5, 5.41) is 4.04. The number of aromatic nitrogens is 2. The van der Waals surface area contributed by atoms with Crippen LogP contribution in [0.5, 0.6) is 5.75 Å². The van der Waals surface area contributed by atoms with Crippen molar-refractivity contribution in [3.63, 3.8) is 0 Å². The lowest BCUT2D eigenvalue weighted by Crippen LogP contribution is -2.29. The Morgan fingerprint density at radius 3 is 2.43 bits per heavy atom. The van der Waals surface area contributed by atoms with Crippen molar-refractivity contribution in [3.05, 3.63) is 94.8 Å². The summed E-state index contributed by atoms with van der Waals surface area (Å²) in [6.07, 6.45) is 1.48. The van der Waals surface area contributed by atoms with Crippen molar-refractivity contribution in [1.29, 1.82) is 0 Å². The number of para-hydroxylation sites is 1. The van der Waals surface area contributed by atoms with Crippen LogP contribution in [0.1, 0.15) is 31.9 Å². The van der Waals surface area contributed by atoms with Gasteiger partial charge in [0.05, 0.1) is 23.3 Å². The lowest BCUT2D eigenvalue weighted by atomic mass is 10.0. The zero-order valence-corrected chi connectivity index (χ0v) is 20.8.